The highest BCUT2D eigenvalue weighted by molar-refractivity contribution is 6.32. The highest BCUT2D eigenvalue weighted by Crippen LogP contribution is 2.38. The lowest BCUT2D eigenvalue weighted by Crippen LogP contribution is -2.05. The zero-order valence-corrected chi connectivity index (χ0v) is 11.2. The molecule has 0 heterocycles. The van der Waals surface area contributed by atoms with Gasteiger partial charge in [0.2, 0.25) is 0 Å². The van der Waals surface area contributed by atoms with Crippen molar-refractivity contribution in [2.75, 3.05) is 5.73 Å². The Hall–Kier alpha value is -2.39. The molecule has 2 aromatic rings. The van der Waals surface area contributed by atoms with Crippen molar-refractivity contribution in [3.05, 3.63) is 52.5 Å². The summed E-state index contributed by atoms with van der Waals surface area (Å²) in [4.78, 5) is 0. The number of para-hydroxylation sites is 1. The van der Waals surface area contributed by atoms with Gasteiger partial charge in [0.1, 0.15) is 11.8 Å². The Morgan fingerprint density at radius 2 is 1.90 bits per heavy atom. The third-order valence-electron chi connectivity index (χ3n) is 2.64. The van der Waals surface area contributed by atoms with E-state index in [2.05, 4.69) is 0 Å². The van der Waals surface area contributed by atoms with Crippen LogP contribution < -0.4 is 10.5 Å². The largest absolute Gasteiger partial charge is 0.452 e. The fraction of sp³-hybridized carbons (Fsp3) is 0.0714. The Bertz CT molecular complexity index is 703. The molecular weight excluding hydrogens is 305 g/mol. The number of halogens is 4. The second-order valence-electron chi connectivity index (χ2n) is 4.08. The molecule has 21 heavy (non-hydrogen) atoms. The van der Waals surface area contributed by atoms with Crippen LogP contribution in [0.5, 0.6) is 11.5 Å². The predicted molar refractivity (Wildman–Crippen MR) is 72.1 cm³/mol. The van der Waals surface area contributed by atoms with Crippen LogP contribution in [0.3, 0.4) is 0 Å². The van der Waals surface area contributed by atoms with Crippen LogP contribution in [0, 0.1) is 11.3 Å². The lowest BCUT2D eigenvalue weighted by Gasteiger charge is -2.13. The van der Waals surface area contributed by atoms with Crippen LogP contribution in [0.1, 0.15) is 11.1 Å². The van der Waals surface area contributed by atoms with Gasteiger partial charge in [0.25, 0.3) is 0 Å². The normalized spacial score (nSPS) is 11.0. The van der Waals surface area contributed by atoms with Gasteiger partial charge in [-0.25, -0.2) is 0 Å². The SMILES string of the molecule is N#Cc1cc(C(F)(F)F)ccc1Oc1c(N)cccc1Cl. The van der Waals surface area contributed by atoms with Crippen molar-refractivity contribution in [1.82, 2.24) is 0 Å². The Morgan fingerprint density at radius 3 is 2.48 bits per heavy atom. The summed E-state index contributed by atoms with van der Waals surface area (Å²) < 4.78 is 43.2. The molecule has 0 spiro atoms. The van der Waals surface area contributed by atoms with Crippen molar-refractivity contribution in [2.24, 2.45) is 0 Å². The monoisotopic (exact) mass is 312 g/mol. The minimum absolute atomic E-state index is 0.0506. The van der Waals surface area contributed by atoms with Gasteiger partial charge in [-0.15, -0.1) is 0 Å². The number of ether oxygens (including phenoxy) is 1. The van der Waals surface area contributed by atoms with Crippen LogP contribution in [0.25, 0.3) is 0 Å². The molecule has 0 radical (unpaired) electrons. The smallest absolute Gasteiger partial charge is 0.416 e. The van der Waals surface area contributed by atoms with Crippen LogP contribution in [0.2, 0.25) is 5.02 Å². The van der Waals surface area contributed by atoms with Crippen LogP contribution in [0.15, 0.2) is 36.4 Å². The van der Waals surface area contributed by atoms with E-state index in [1.807, 2.05) is 0 Å². The lowest BCUT2D eigenvalue weighted by atomic mass is 10.1. The minimum Gasteiger partial charge on any atom is -0.452 e. The molecule has 2 N–H and O–H groups in total. The Labute approximate surface area is 123 Å². The van der Waals surface area contributed by atoms with Gasteiger partial charge in [0.15, 0.2) is 5.75 Å². The molecule has 0 aliphatic heterocycles. The number of rotatable bonds is 2. The van der Waals surface area contributed by atoms with Gasteiger partial charge in [-0.2, -0.15) is 18.4 Å². The lowest BCUT2D eigenvalue weighted by molar-refractivity contribution is -0.137. The molecule has 0 unspecified atom stereocenters. The van der Waals surface area contributed by atoms with E-state index in [-0.39, 0.29) is 27.8 Å². The molecule has 0 aliphatic rings. The van der Waals surface area contributed by atoms with Crippen molar-refractivity contribution in [1.29, 1.82) is 5.26 Å². The summed E-state index contributed by atoms with van der Waals surface area (Å²) in [5.41, 5.74) is 4.71. The van der Waals surface area contributed by atoms with Crippen LogP contribution in [-0.2, 0) is 6.18 Å². The predicted octanol–water partition coefficient (Wildman–Crippen LogP) is 4.60. The molecule has 0 aliphatic carbocycles. The maximum atomic E-state index is 12.6. The number of nitriles is 1. The fourth-order valence-electron chi connectivity index (χ4n) is 1.63. The Kier molecular flexibility index (Phi) is 3.96. The van der Waals surface area contributed by atoms with Crippen LogP contribution in [0.4, 0.5) is 18.9 Å². The molecule has 2 aromatic carbocycles. The quantitative estimate of drug-likeness (QED) is 0.824. The van der Waals surface area contributed by atoms with Gasteiger partial charge < -0.3 is 10.5 Å². The summed E-state index contributed by atoms with van der Waals surface area (Å²) in [6, 6.07) is 8.89. The molecule has 0 amide bonds. The van der Waals surface area contributed by atoms with Gasteiger partial charge in [0, 0.05) is 0 Å². The molecule has 7 heteroatoms. The molecule has 0 bridgehead atoms. The van der Waals surface area contributed by atoms with Crippen LogP contribution >= 0.6 is 11.6 Å². The highest BCUT2D eigenvalue weighted by atomic mass is 35.5. The molecule has 0 saturated carbocycles. The summed E-state index contributed by atoms with van der Waals surface area (Å²) in [6.45, 7) is 0. The molecular formula is C14H8ClF3N2O. The van der Waals surface area contributed by atoms with E-state index in [1.54, 1.807) is 12.1 Å². The number of hydrogen-bond acceptors (Lipinski definition) is 3. The number of alkyl halides is 3. The second kappa shape index (κ2) is 5.54. The van der Waals surface area contributed by atoms with Gasteiger partial charge in [-0.3, -0.25) is 0 Å². The first-order valence-electron chi connectivity index (χ1n) is 5.66. The third-order valence-corrected chi connectivity index (χ3v) is 2.93. The maximum absolute atomic E-state index is 12.6. The van der Waals surface area contributed by atoms with Crippen molar-refractivity contribution < 1.29 is 17.9 Å². The van der Waals surface area contributed by atoms with Gasteiger partial charge in [-0.05, 0) is 30.3 Å². The van der Waals surface area contributed by atoms with E-state index in [4.69, 9.17) is 27.3 Å². The topological polar surface area (TPSA) is 59.0 Å². The zero-order valence-electron chi connectivity index (χ0n) is 10.4. The second-order valence-corrected chi connectivity index (χ2v) is 4.49. The first kappa shape index (κ1) is 15.0. The summed E-state index contributed by atoms with van der Waals surface area (Å²) in [6.07, 6.45) is -4.53. The zero-order chi connectivity index (χ0) is 15.6. The van der Waals surface area contributed by atoms with Crippen molar-refractivity contribution >= 4 is 17.3 Å². The van der Waals surface area contributed by atoms with E-state index in [0.717, 1.165) is 12.1 Å². The van der Waals surface area contributed by atoms with E-state index in [0.29, 0.717) is 6.07 Å². The first-order chi connectivity index (χ1) is 9.82. The summed E-state index contributed by atoms with van der Waals surface area (Å²) in [5, 5.41) is 9.16. The Balaban J connectivity index is 2.44. The minimum atomic E-state index is -4.53. The van der Waals surface area contributed by atoms with Gasteiger partial charge in [0.05, 0.1) is 21.8 Å². The van der Waals surface area contributed by atoms with E-state index >= 15 is 0 Å². The van der Waals surface area contributed by atoms with Crippen molar-refractivity contribution in [3.63, 3.8) is 0 Å². The molecule has 2 rings (SSSR count). The van der Waals surface area contributed by atoms with Crippen molar-refractivity contribution in [3.8, 4) is 17.6 Å². The number of hydrogen-bond donors (Lipinski definition) is 1. The van der Waals surface area contributed by atoms with Crippen LogP contribution in [-0.4, -0.2) is 0 Å². The number of nitrogens with two attached hydrogens (primary N) is 1. The Morgan fingerprint density at radius 1 is 1.19 bits per heavy atom. The molecule has 3 nitrogen and oxygen atoms in total. The van der Waals surface area contributed by atoms with Crippen molar-refractivity contribution in [2.45, 2.75) is 6.18 Å². The average molecular weight is 313 g/mol. The van der Waals surface area contributed by atoms with E-state index in [9.17, 15) is 13.2 Å². The first-order valence-corrected chi connectivity index (χ1v) is 6.04. The molecule has 0 saturated heterocycles. The number of nitrogen functional groups attached to an aromatic ring is 1. The van der Waals surface area contributed by atoms with Gasteiger partial charge in [-0.1, -0.05) is 17.7 Å². The fourth-order valence-corrected chi connectivity index (χ4v) is 1.85. The van der Waals surface area contributed by atoms with E-state index in [1.165, 1.54) is 12.1 Å². The maximum Gasteiger partial charge on any atom is 0.416 e. The number of anilines is 1. The molecule has 108 valence electrons. The summed E-state index contributed by atoms with van der Waals surface area (Å²) in [7, 11) is 0. The average Bonchev–Trinajstić information content (AvgIpc) is 2.42. The summed E-state index contributed by atoms with van der Waals surface area (Å²) >= 11 is 5.91. The standard InChI is InChI=1S/C14H8ClF3N2O/c15-10-2-1-3-11(20)13(10)21-12-5-4-9(14(16,17)18)6-8(12)7-19/h1-6H,20H2. The molecule has 0 aromatic heterocycles. The molecule has 0 atom stereocenters. The third kappa shape index (κ3) is 3.20. The number of nitrogens with zero attached hydrogens (tertiary/aromatic N) is 1. The number of benzene rings is 2. The highest BCUT2D eigenvalue weighted by Gasteiger charge is 2.31. The van der Waals surface area contributed by atoms with E-state index < -0.39 is 11.7 Å². The summed E-state index contributed by atoms with van der Waals surface area (Å²) in [5.74, 6) is 0.0423. The van der Waals surface area contributed by atoms with Gasteiger partial charge >= 0.3 is 6.18 Å². The molecule has 0 fully saturated rings.